The summed E-state index contributed by atoms with van der Waals surface area (Å²) in [7, 11) is -2.39. The Morgan fingerprint density at radius 2 is 1.55 bits per heavy atom. The number of hydrogen-bond donors (Lipinski definition) is 1. The van der Waals surface area contributed by atoms with Gasteiger partial charge in [0.1, 0.15) is 12.3 Å². The maximum atomic E-state index is 13.6. The van der Waals surface area contributed by atoms with E-state index in [2.05, 4.69) is 5.32 Å². The smallest absolute Gasteiger partial charge is 0.264 e. The lowest BCUT2D eigenvalue weighted by atomic mass is 10.1. The number of anilines is 1. The standard InChI is InChI=1S/C26H30N2O4S/c1-18-10-12-23(13-11-18)33(30,31)28(22-15-19(2)14-20(3)16-22)17-26(29)27-21(4)24-8-6-7-9-25(24)32-5/h6-16,21H,17H2,1-5H3,(H,27,29). The number of hydrogen-bond acceptors (Lipinski definition) is 4. The predicted octanol–water partition coefficient (Wildman–Crippen LogP) is 4.69. The van der Waals surface area contributed by atoms with Gasteiger partial charge < -0.3 is 10.1 Å². The van der Waals surface area contributed by atoms with Crippen LogP contribution in [0.15, 0.2) is 71.6 Å². The molecule has 174 valence electrons. The van der Waals surface area contributed by atoms with Gasteiger partial charge in [-0.1, -0.05) is 42.0 Å². The molecule has 3 aromatic carbocycles. The number of carbonyl (C=O) groups excluding carboxylic acids is 1. The number of nitrogens with zero attached hydrogens (tertiary/aromatic N) is 1. The molecule has 0 aliphatic carbocycles. The predicted molar refractivity (Wildman–Crippen MR) is 131 cm³/mol. The Kier molecular flexibility index (Phi) is 7.43. The zero-order valence-electron chi connectivity index (χ0n) is 19.6. The topological polar surface area (TPSA) is 75.7 Å². The van der Waals surface area contributed by atoms with Crippen molar-refractivity contribution in [2.75, 3.05) is 18.0 Å². The maximum Gasteiger partial charge on any atom is 0.264 e. The van der Waals surface area contributed by atoms with Gasteiger partial charge in [-0.15, -0.1) is 0 Å². The first-order valence-corrected chi connectivity index (χ1v) is 12.2. The quantitative estimate of drug-likeness (QED) is 0.522. The van der Waals surface area contributed by atoms with Crippen LogP contribution in [-0.4, -0.2) is 28.0 Å². The lowest BCUT2D eigenvalue weighted by molar-refractivity contribution is -0.120. The highest BCUT2D eigenvalue weighted by Gasteiger charge is 2.28. The van der Waals surface area contributed by atoms with Gasteiger partial charge in [-0.2, -0.15) is 0 Å². The van der Waals surface area contributed by atoms with Crippen LogP contribution in [-0.2, 0) is 14.8 Å². The van der Waals surface area contributed by atoms with E-state index in [1.807, 2.05) is 58.0 Å². The molecule has 0 saturated carbocycles. The molecule has 3 rings (SSSR count). The average Bonchev–Trinajstić information content (AvgIpc) is 2.76. The fourth-order valence-corrected chi connectivity index (χ4v) is 5.17. The summed E-state index contributed by atoms with van der Waals surface area (Å²) in [5, 5.41) is 2.91. The fourth-order valence-electron chi connectivity index (χ4n) is 3.77. The average molecular weight is 467 g/mol. The van der Waals surface area contributed by atoms with Crippen LogP contribution in [0.25, 0.3) is 0 Å². The highest BCUT2D eigenvalue weighted by Crippen LogP contribution is 2.27. The largest absolute Gasteiger partial charge is 0.496 e. The number of methoxy groups -OCH3 is 1. The van der Waals surface area contributed by atoms with Crippen LogP contribution in [0.4, 0.5) is 5.69 Å². The molecule has 33 heavy (non-hydrogen) atoms. The van der Waals surface area contributed by atoms with E-state index in [0.717, 1.165) is 22.3 Å². The van der Waals surface area contributed by atoms with Crippen molar-refractivity contribution in [2.45, 2.75) is 38.6 Å². The molecule has 1 unspecified atom stereocenters. The molecular formula is C26H30N2O4S. The Hall–Kier alpha value is -3.32. The molecule has 0 aromatic heterocycles. The van der Waals surface area contributed by atoms with Crippen molar-refractivity contribution in [3.63, 3.8) is 0 Å². The molecule has 0 aliphatic heterocycles. The fraction of sp³-hybridized carbons (Fsp3) is 0.269. The summed E-state index contributed by atoms with van der Waals surface area (Å²) in [4.78, 5) is 13.2. The molecule has 0 aliphatic rings. The number of aryl methyl sites for hydroxylation is 3. The molecule has 3 aromatic rings. The van der Waals surface area contributed by atoms with Gasteiger partial charge in [0.2, 0.25) is 5.91 Å². The van der Waals surface area contributed by atoms with E-state index >= 15 is 0 Å². The molecule has 0 bridgehead atoms. The second-order valence-corrected chi connectivity index (χ2v) is 10.1. The minimum Gasteiger partial charge on any atom is -0.496 e. The van der Waals surface area contributed by atoms with Crippen LogP contribution in [0.5, 0.6) is 5.75 Å². The zero-order chi connectivity index (χ0) is 24.2. The summed E-state index contributed by atoms with van der Waals surface area (Å²) >= 11 is 0. The number of nitrogens with one attached hydrogen (secondary N) is 1. The molecule has 1 N–H and O–H groups in total. The van der Waals surface area contributed by atoms with E-state index < -0.39 is 15.9 Å². The first kappa shape index (κ1) is 24.3. The van der Waals surface area contributed by atoms with Crippen LogP contribution in [0.2, 0.25) is 0 Å². The molecule has 1 amide bonds. The Balaban J connectivity index is 1.94. The van der Waals surface area contributed by atoms with Crippen LogP contribution in [0.1, 0.15) is 35.2 Å². The van der Waals surface area contributed by atoms with Crippen molar-refractivity contribution < 1.29 is 17.9 Å². The van der Waals surface area contributed by atoms with Crippen LogP contribution < -0.4 is 14.4 Å². The van der Waals surface area contributed by atoms with Crippen molar-refractivity contribution in [3.05, 3.63) is 89.0 Å². The lowest BCUT2D eigenvalue weighted by Gasteiger charge is -2.26. The highest BCUT2D eigenvalue weighted by atomic mass is 32.2. The maximum absolute atomic E-state index is 13.6. The molecule has 1 atom stereocenters. The van der Waals surface area contributed by atoms with Crippen molar-refractivity contribution in [3.8, 4) is 5.75 Å². The summed E-state index contributed by atoms with van der Waals surface area (Å²) in [6.07, 6.45) is 0. The monoisotopic (exact) mass is 466 g/mol. The summed E-state index contributed by atoms with van der Waals surface area (Å²) in [6, 6.07) is 19.2. The Bertz CT molecular complexity index is 1220. The third-order valence-corrected chi connectivity index (χ3v) is 7.16. The van der Waals surface area contributed by atoms with Gasteiger partial charge in [0, 0.05) is 5.56 Å². The Labute approximate surface area is 196 Å². The van der Waals surface area contributed by atoms with Crippen LogP contribution in [0, 0.1) is 20.8 Å². The zero-order valence-corrected chi connectivity index (χ0v) is 20.4. The lowest BCUT2D eigenvalue weighted by Crippen LogP contribution is -2.41. The van der Waals surface area contributed by atoms with Crippen molar-refractivity contribution in [2.24, 2.45) is 0 Å². The van der Waals surface area contributed by atoms with E-state index in [-0.39, 0.29) is 17.5 Å². The Morgan fingerprint density at radius 3 is 2.15 bits per heavy atom. The number of amides is 1. The second-order valence-electron chi connectivity index (χ2n) is 8.20. The minimum absolute atomic E-state index is 0.137. The molecule has 0 spiro atoms. The number of benzene rings is 3. The van der Waals surface area contributed by atoms with E-state index in [1.165, 1.54) is 4.31 Å². The minimum atomic E-state index is -3.96. The first-order chi connectivity index (χ1) is 15.6. The molecule has 6 nitrogen and oxygen atoms in total. The molecule has 0 radical (unpaired) electrons. The van der Waals surface area contributed by atoms with Gasteiger partial charge in [0.25, 0.3) is 10.0 Å². The molecule has 0 heterocycles. The van der Waals surface area contributed by atoms with Gasteiger partial charge in [0.05, 0.1) is 23.7 Å². The highest BCUT2D eigenvalue weighted by molar-refractivity contribution is 7.92. The van der Waals surface area contributed by atoms with E-state index in [1.54, 1.807) is 43.5 Å². The number of para-hydroxylation sites is 1. The van der Waals surface area contributed by atoms with Crippen molar-refractivity contribution in [1.82, 2.24) is 5.32 Å². The first-order valence-electron chi connectivity index (χ1n) is 10.7. The molecular weight excluding hydrogens is 436 g/mol. The summed E-state index contributed by atoms with van der Waals surface area (Å²) in [6.45, 7) is 7.18. The molecule has 0 fully saturated rings. The number of ether oxygens (including phenoxy) is 1. The van der Waals surface area contributed by atoms with Crippen LogP contribution >= 0.6 is 0 Å². The van der Waals surface area contributed by atoms with Crippen LogP contribution in [0.3, 0.4) is 0 Å². The van der Waals surface area contributed by atoms with Gasteiger partial charge in [-0.05, 0) is 69.2 Å². The number of sulfonamides is 1. The Morgan fingerprint density at radius 1 is 0.939 bits per heavy atom. The summed E-state index contributed by atoms with van der Waals surface area (Å²) < 4.78 is 33.7. The summed E-state index contributed by atoms with van der Waals surface area (Å²) in [5.41, 5.74) is 4.05. The van der Waals surface area contributed by atoms with E-state index in [9.17, 15) is 13.2 Å². The third-order valence-electron chi connectivity index (χ3n) is 5.37. The second kappa shape index (κ2) is 10.1. The van der Waals surface area contributed by atoms with Crippen molar-refractivity contribution >= 4 is 21.6 Å². The van der Waals surface area contributed by atoms with E-state index in [0.29, 0.717) is 11.4 Å². The summed E-state index contributed by atoms with van der Waals surface area (Å²) in [5.74, 6) is 0.243. The number of carbonyl (C=O) groups is 1. The SMILES string of the molecule is COc1ccccc1C(C)NC(=O)CN(c1cc(C)cc(C)c1)S(=O)(=O)c1ccc(C)cc1. The number of rotatable bonds is 8. The van der Waals surface area contributed by atoms with Crippen molar-refractivity contribution in [1.29, 1.82) is 0 Å². The van der Waals surface area contributed by atoms with Gasteiger partial charge in [0.15, 0.2) is 0 Å². The van der Waals surface area contributed by atoms with Gasteiger partial charge >= 0.3 is 0 Å². The van der Waals surface area contributed by atoms with E-state index in [4.69, 9.17) is 4.74 Å². The molecule has 0 saturated heterocycles. The third kappa shape index (κ3) is 5.73. The van der Waals surface area contributed by atoms with Gasteiger partial charge in [-0.3, -0.25) is 9.10 Å². The molecule has 7 heteroatoms. The normalized spacial score (nSPS) is 12.2. The van der Waals surface area contributed by atoms with Gasteiger partial charge in [-0.25, -0.2) is 8.42 Å².